The fourth-order valence-corrected chi connectivity index (χ4v) is 4.31. The summed E-state index contributed by atoms with van der Waals surface area (Å²) in [5.74, 6) is 0.222. The van der Waals surface area contributed by atoms with Crippen molar-refractivity contribution < 1.29 is 19.1 Å². The molecule has 1 fully saturated rings. The number of rotatable bonds is 6. The van der Waals surface area contributed by atoms with Crippen LogP contribution in [0.1, 0.15) is 11.6 Å². The highest BCUT2D eigenvalue weighted by Gasteiger charge is 2.34. The first kappa shape index (κ1) is 22.9. The lowest BCUT2D eigenvalue weighted by Crippen LogP contribution is -2.51. The van der Waals surface area contributed by atoms with Gasteiger partial charge in [-0.05, 0) is 42.0 Å². The molecule has 2 amide bonds. The van der Waals surface area contributed by atoms with E-state index >= 15 is 0 Å². The van der Waals surface area contributed by atoms with Crippen LogP contribution in [-0.2, 0) is 9.53 Å². The molecule has 0 bridgehead atoms. The molecule has 0 aromatic heterocycles. The van der Waals surface area contributed by atoms with Crippen LogP contribution >= 0.6 is 11.6 Å². The first-order valence-corrected chi connectivity index (χ1v) is 11.1. The van der Waals surface area contributed by atoms with Crippen molar-refractivity contribution >= 4 is 29.3 Å². The molecular weight excluding hydrogens is 444 g/mol. The number of carbonyl (C=O) groups excluding carboxylic acids is 2. The third-order valence-electron chi connectivity index (χ3n) is 5.95. The lowest BCUT2D eigenvalue weighted by atomic mass is 9.95. The number of piperazine rings is 1. The molecule has 2 aromatic rings. The molecule has 0 radical (unpaired) electrons. The molecule has 2 aliphatic rings. The Morgan fingerprint density at radius 1 is 1.03 bits per heavy atom. The van der Waals surface area contributed by atoms with Crippen LogP contribution in [0.3, 0.4) is 0 Å². The van der Waals surface area contributed by atoms with Crippen LogP contribution in [0, 0.1) is 0 Å². The van der Waals surface area contributed by atoms with Gasteiger partial charge in [-0.25, -0.2) is 9.59 Å². The number of ether oxygens (including phenoxy) is 2. The number of anilines is 1. The van der Waals surface area contributed by atoms with Crippen molar-refractivity contribution in [1.29, 1.82) is 0 Å². The number of hydrogen-bond donors (Lipinski definition) is 2. The van der Waals surface area contributed by atoms with Crippen LogP contribution in [0.2, 0.25) is 5.02 Å². The molecular formula is C24H27ClN4O4. The summed E-state index contributed by atoms with van der Waals surface area (Å²) in [6.07, 6.45) is 0. The molecule has 33 heavy (non-hydrogen) atoms. The Morgan fingerprint density at radius 3 is 2.30 bits per heavy atom. The van der Waals surface area contributed by atoms with E-state index in [1.165, 1.54) is 7.11 Å². The summed E-state index contributed by atoms with van der Waals surface area (Å²) in [5, 5.41) is 6.40. The van der Waals surface area contributed by atoms with E-state index in [-0.39, 0.29) is 6.03 Å². The van der Waals surface area contributed by atoms with E-state index in [0.29, 0.717) is 28.6 Å². The largest absolute Gasteiger partial charge is 0.497 e. The molecule has 0 aliphatic carbocycles. The quantitative estimate of drug-likeness (QED) is 0.632. The van der Waals surface area contributed by atoms with Crippen LogP contribution < -0.4 is 20.3 Å². The summed E-state index contributed by atoms with van der Waals surface area (Å²) in [4.78, 5) is 29.8. The van der Waals surface area contributed by atoms with Gasteiger partial charge in [0.1, 0.15) is 5.75 Å². The van der Waals surface area contributed by atoms with Gasteiger partial charge in [-0.15, -0.1) is 0 Å². The van der Waals surface area contributed by atoms with Crippen molar-refractivity contribution in [3.63, 3.8) is 0 Å². The molecule has 0 saturated carbocycles. The van der Waals surface area contributed by atoms with Crippen LogP contribution in [0.4, 0.5) is 10.5 Å². The number of benzene rings is 2. The SMILES string of the molecule is COC(=O)C1=C(CN2CCN(c3ccc(Cl)cc3)CC2)NC(=O)NC1c1ccc(OC)cc1. The normalized spacial score (nSPS) is 19.1. The third-order valence-corrected chi connectivity index (χ3v) is 6.21. The summed E-state index contributed by atoms with van der Waals surface area (Å²) in [6, 6.07) is 14.1. The van der Waals surface area contributed by atoms with Crippen molar-refractivity contribution in [2.24, 2.45) is 0 Å². The molecule has 1 atom stereocenters. The van der Waals surface area contributed by atoms with Gasteiger partial charge in [-0.1, -0.05) is 23.7 Å². The van der Waals surface area contributed by atoms with Gasteiger partial charge in [-0.3, -0.25) is 4.90 Å². The smallest absolute Gasteiger partial charge is 0.338 e. The monoisotopic (exact) mass is 470 g/mol. The zero-order chi connectivity index (χ0) is 23.4. The Kier molecular flexibility index (Phi) is 7.05. The zero-order valence-corrected chi connectivity index (χ0v) is 19.4. The number of carbonyl (C=O) groups is 2. The van der Waals surface area contributed by atoms with E-state index in [9.17, 15) is 9.59 Å². The summed E-state index contributed by atoms with van der Waals surface area (Å²) in [6.45, 7) is 3.68. The van der Waals surface area contributed by atoms with E-state index < -0.39 is 12.0 Å². The van der Waals surface area contributed by atoms with Gasteiger partial charge in [-0.2, -0.15) is 0 Å². The van der Waals surface area contributed by atoms with E-state index in [1.807, 2.05) is 36.4 Å². The number of methoxy groups -OCH3 is 2. The molecule has 0 spiro atoms. The van der Waals surface area contributed by atoms with Crippen LogP contribution in [0.25, 0.3) is 0 Å². The number of nitrogens with zero attached hydrogens (tertiary/aromatic N) is 2. The standard InChI is InChI=1S/C24H27ClN4O4/c1-32-19-9-3-16(4-10-19)22-21(23(30)33-2)20(26-24(31)27-22)15-28-11-13-29(14-12-28)18-7-5-17(25)6-8-18/h3-10,22H,11-15H2,1-2H3,(H2,26,27,31). The average molecular weight is 471 g/mol. The highest BCUT2D eigenvalue weighted by atomic mass is 35.5. The molecule has 2 N–H and O–H groups in total. The second-order valence-corrected chi connectivity index (χ2v) is 8.36. The summed E-state index contributed by atoms with van der Waals surface area (Å²) < 4.78 is 10.3. The minimum Gasteiger partial charge on any atom is -0.497 e. The Bertz CT molecular complexity index is 1030. The number of halogens is 1. The number of urea groups is 1. The number of hydrogen-bond acceptors (Lipinski definition) is 6. The van der Waals surface area contributed by atoms with Gasteiger partial charge < -0.3 is 25.0 Å². The predicted molar refractivity (Wildman–Crippen MR) is 127 cm³/mol. The van der Waals surface area contributed by atoms with E-state index in [0.717, 1.165) is 37.4 Å². The van der Waals surface area contributed by atoms with Crippen LogP contribution in [0.15, 0.2) is 59.8 Å². The van der Waals surface area contributed by atoms with Gasteiger partial charge in [0.15, 0.2) is 0 Å². The number of nitrogens with one attached hydrogen (secondary N) is 2. The van der Waals surface area contributed by atoms with Crippen molar-refractivity contribution in [3.8, 4) is 5.75 Å². The molecule has 1 unspecified atom stereocenters. The number of esters is 1. The molecule has 2 heterocycles. The number of amides is 2. The van der Waals surface area contributed by atoms with Gasteiger partial charge in [0.2, 0.25) is 0 Å². The Labute approximate surface area is 198 Å². The summed E-state index contributed by atoms with van der Waals surface area (Å²) in [5.41, 5.74) is 2.87. The second-order valence-electron chi connectivity index (χ2n) is 7.93. The lowest BCUT2D eigenvalue weighted by Gasteiger charge is -2.38. The fourth-order valence-electron chi connectivity index (χ4n) is 4.18. The molecule has 2 aliphatic heterocycles. The molecule has 174 valence electrons. The van der Waals surface area contributed by atoms with Crippen molar-refractivity contribution in [1.82, 2.24) is 15.5 Å². The maximum absolute atomic E-state index is 12.8. The minimum atomic E-state index is -0.609. The highest BCUT2D eigenvalue weighted by Crippen LogP contribution is 2.29. The van der Waals surface area contributed by atoms with Gasteiger partial charge in [0, 0.05) is 49.1 Å². The fraction of sp³-hybridized carbons (Fsp3) is 0.333. The maximum atomic E-state index is 12.8. The van der Waals surface area contributed by atoms with Crippen LogP contribution in [0.5, 0.6) is 5.75 Å². The summed E-state index contributed by atoms with van der Waals surface area (Å²) >= 11 is 6.00. The molecule has 4 rings (SSSR count). The molecule has 9 heteroatoms. The molecule has 1 saturated heterocycles. The zero-order valence-electron chi connectivity index (χ0n) is 18.6. The minimum absolute atomic E-state index is 0.349. The van der Waals surface area contributed by atoms with Gasteiger partial charge >= 0.3 is 12.0 Å². The first-order valence-electron chi connectivity index (χ1n) is 10.7. The van der Waals surface area contributed by atoms with Crippen molar-refractivity contribution in [2.75, 3.05) is 51.8 Å². The summed E-state index contributed by atoms with van der Waals surface area (Å²) in [7, 11) is 2.94. The van der Waals surface area contributed by atoms with Gasteiger partial charge in [0.25, 0.3) is 0 Å². The topological polar surface area (TPSA) is 83.1 Å². The first-order chi connectivity index (χ1) is 16.0. The highest BCUT2D eigenvalue weighted by molar-refractivity contribution is 6.30. The predicted octanol–water partition coefficient (Wildman–Crippen LogP) is 2.95. The van der Waals surface area contributed by atoms with Gasteiger partial charge in [0.05, 0.1) is 25.8 Å². The maximum Gasteiger partial charge on any atom is 0.338 e. The average Bonchev–Trinajstić information content (AvgIpc) is 2.84. The van der Waals surface area contributed by atoms with Crippen LogP contribution in [-0.4, -0.2) is 63.8 Å². The molecule has 8 nitrogen and oxygen atoms in total. The van der Waals surface area contributed by atoms with Crippen molar-refractivity contribution in [2.45, 2.75) is 6.04 Å². The van der Waals surface area contributed by atoms with E-state index in [2.05, 4.69) is 20.4 Å². The van der Waals surface area contributed by atoms with E-state index in [1.54, 1.807) is 19.2 Å². The van der Waals surface area contributed by atoms with E-state index in [4.69, 9.17) is 21.1 Å². The Morgan fingerprint density at radius 2 is 1.70 bits per heavy atom. The second kappa shape index (κ2) is 10.1. The lowest BCUT2D eigenvalue weighted by molar-refractivity contribution is -0.136. The Balaban J connectivity index is 1.53. The third kappa shape index (κ3) is 5.23. The molecule has 2 aromatic carbocycles. The van der Waals surface area contributed by atoms with Crippen molar-refractivity contribution in [3.05, 3.63) is 70.4 Å². The Hall–Kier alpha value is -3.23.